The van der Waals surface area contributed by atoms with E-state index in [0.29, 0.717) is 16.7 Å². The Kier molecular flexibility index (Phi) is 4.78. The summed E-state index contributed by atoms with van der Waals surface area (Å²) in [5.74, 6) is -0.194. The van der Waals surface area contributed by atoms with E-state index in [9.17, 15) is 4.79 Å². The van der Waals surface area contributed by atoms with Gasteiger partial charge in [-0.15, -0.1) is 15.3 Å². The summed E-state index contributed by atoms with van der Waals surface area (Å²) in [5, 5.41) is 22.1. The molecule has 8 nitrogen and oxygen atoms in total. The Morgan fingerprint density at radius 2 is 2.37 bits per heavy atom. The van der Waals surface area contributed by atoms with Crippen LogP contribution in [0, 0.1) is 0 Å². The summed E-state index contributed by atoms with van der Waals surface area (Å²) in [4.78, 5) is 11.8. The molecule has 0 bridgehead atoms. The molecule has 2 N–H and O–H groups in total. The van der Waals surface area contributed by atoms with Gasteiger partial charge in [-0.05, 0) is 13.3 Å². The highest BCUT2D eigenvalue weighted by atomic mass is 32.1. The summed E-state index contributed by atoms with van der Waals surface area (Å²) in [6.07, 6.45) is 4.20. The highest BCUT2D eigenvalue weighted by molar-refractivity contribution is 7.17. The van der Waals surface area contributed by atoms with Gasteiger partial charge in [0.05, 0.1) is 6.20 Å². The van der Waals surface area contributed by atoms with Gasteiger partial charge in [0.15, 0.2) is 0 Å². The largest absolute Gasteiger partial charge is 0.360 e. The third-order valence-corrected chi connectivity index (χ3v) is 3.15. The first kappa shape index (κ1) is 13.4. The lowest BCUT2D eigenvalue weighted by Gasteiger charge is -2.02. The number of carbonyl (C=O) groups is 1. The Hall–Kier alpha value is -2.03. The van der Waals surface area contributed by atoms with Crippen molar-refractivity contribution in [1.82, 2.24) is 30.5 Å². The zero-order valence-electron chi connectivity index (χ0n) is 10.5. The second-order valence-electron chi connectivity index (χ2n) is 3.72. The summed E-state index contributed by atoms with van der Waals surface area (Å²) < 4.78 is 1.72. The highest BCUT2D eigenvalue weighted by Crippen LogP contribution is 2.14. The standard InChI is InChI=1S/C10H15N7OS/c1-2-11-10-15-14-9(19-10)8(18)12-4-3-6-17-7-5-13-16-17/h5,7H,2-4,6H2,1H3,(H,11,15)(H,12,18). The molecule has 0 aliphatic rings. The zero-order chi connectivity index (χ0) is 13.5. The normalized spacial score (nSPS) is 10.4. The lowest BCUT2D eigenvalue weighted by Crippen LogP contribution is -2.25. The van der Waals surface area contributed by atoms with Gasteiger partial charge in [0, 0.05) is 25.8 Å². The molecule has 9 heteroatoms. The van der Waals surface area contributed by atoms with Gasteiger partial charge in [0.25, 0.3) is 5.91 Å². The average Bonchev–Trinajstić information content (AvgIpc) is 3.06. The van der Waals surface area contributed by atoms with Crippen LogP contribution in [0.3, 0.4) is 0 Å². The van der Waals surface area contributed by atoms with Crippen LogP contribution < -0.4 is 10.6 Å². The first-order valence-electron chi connectivity index (χ1n) is 5.99. The second-order valence-corrected chi connectivity index (χ2v) is 4.70. The molecule has 2 heterocycles. The van der Waals surface area contributed by atoms with E-state index < -0.39 is 0 Å². The van der Waals surface area contributed by atoms with Crippen LogP contribution in [0.25, 0.3) is 0 Å². The Bertz CT molecular complexity index is 510. The smallest absolute Gasteiger partial charge is 0.282 e. The lowest BCUT2D eigenvalue weighted by molar-refractivity contribution is 0.0951. The molecule has 19 heavy (non-hydrogen) atoms. The molecule has 0 fully saturated rings. The van der Waals surface area contributed by atoms with Gasteiger partial charge in [0.2, 0.25) is 10.1 Å². The predicted molar refractivity (Wildman–Crippen MR) is 71.0 cm³/mol. The molecule has 0 aliphatic carbocycles. The number of amides is 1. The van der Waals surface area contributed by atoms with Crippen molar-refractivity contribution in [3.63, 3.8) is 0 Å². The minimum Gasteiger partial charge on any atom is -0.360 e. The summed E-state index contributed by atoms with van der Waals surface area (Å²) in [6.45, 7) is 4.01. The predicted octanol–water partition coefficient (Wildman–Crippen LogP) is 0.381. The van der Waals surface area contributed by atoms with Gasteiger partial charge in [-0.25, -0.2) is 0 Å². The van der Waals surface area contributed by atoms with Crippen molar-refractivity contribution in [2.75, 3.05) is 18.4 Å². The molecule has 2 rings (SSSR count). The van der Waals surface area contributed by atoms with Gasteiger partial charge >= 0.3 is 0 Å². The number of aromatic nitrogens is 5. The molecular formula is C10H15N7OS. The van der Waals surface area contributed by atoms with Gasteiger partial charge < -0.3 is 10.6 Å². The van der Waals surface area contributed by atoms with E-state index in [0.717, 1.165) is 19.5 Å². The van der Waals surface area contributed by atoms with Crippen molar-refractivity contribution in [2.24, 2.45) is 0 Å². The number of aryl methyl sites for hydroxylation is 1. The third kappa shape index (κ3) is 3.98. The van der Waals surface area contributed by atoms with Gasteiger partial charge in [0.1, 0.15) is 0 Å². The maximum atomic E-state index is 11.8. The Morgan fingerprint density at radius 1 is 1.47 bits per heavy atom. The molecule has 0 aliphatic heterocycles. The fourth-order valence-corrected chi connectivity index (χ4v) is 2.14. The molecule has 0 radical (unpaired) electrons. The third-order valence-electron chi connectivity index (χ3n) is 2.27. The first-order chi connectivity index (χ1) is 9.29. The molecule has 0 aromatic carbocycles. The van der Waals surface area contributed by atoms with E-state index in [-0.39, 0.29) is 5.91 Å². The SMILES string of the molecule is CCNc1nnc(C(=O)NCCCn2ccnn2)s1. The molecule has 0 saturated carbocycles. The molecular weight excluding hydrogens is 266 g/mol. The minimum absolute atomic E-state index is 0.194. The van der Waals surface area contributed by atoms with E-state index in [2.05, 4.69) is 31.1 Å². The van der Waals surface area contributed by atoms with E-state index in [1.807, 2.05) is 6.92 Å². The molecule has 2 aromatic rings. The summed E-state index contributed by atoms with van der Waals surface area (Å²) >= 11 is 1.25. The fourth-order valence-electron chi connectivity index (χ4n) is 1.41. The first-order valence-corrected chi connectivity index (χ1v) is 6.81. The van der Waals surface area contributed by atoms with Crippen molar-refractivity contribution < 1.29 is 4.79 Å². The number of anilines is 1. The summed E-state index contributed by atoms with van der Waals surface area (Å²) in [5.41, 5.74) is 0. The van der Waals surface area contributed by atoms with E-state index in [1.54, 1.807) is 17.1 Å². The maximum Gasteiger partial charge on any atom is 0.282 e. The molecule has 2 aromatic heterocycles. The highest BCUT2D eigenvalue weighted by Gasteiger charge is 2.11. The molecule has 1 amide bonds. The molecule has 102 valence electrons. The maximum absolute atomic E-state index is 11.8. The number of rotatable bonds is 7. The Labute approximate surface area is 114 Å². The van der Waals surface area contributed by atoms with Gasteiger partial charge in [-0.2, -0.15) is 0 Å². The molecule has 0 saturated heterocycles. The van der Waals surface area contributed by atoms with Crippen molar-refractivity contribution in [3.05, 3.63) is 17.4 Å². The van der Waals surface area contributed by atoms with Crippen LogP contribution >= 0.6 is 11.3 Å². The van der Waals surface area contributed by atoms with Gasteiger partial charge in [-0.3, -0.25) is 9.48 Å². The monoisotopic (exact) mass is 281 g/mol. The summed E-state index contributed by atoms with van der Waals surface area (Å²) in [7, 11) is 0. The van der Waals surface area contributed by atoms with E-state index in [4.69, 9.17) is 0 Å². The fraction of sp³-hybridized carbons (Fsp3) is 0.500. The van der Waals surface area contributed by atoms with Crippen LogP contribution in [0.4, 0.5) is 5.13 Å². The summed E-state index contributed by atoms with van der Waals surface area (Å²) in [6, 6.07) is 0. The quantitative estimate of drug-likeness (QED) is 0.712. The number of nitrogens with zero attached hydrogens (tertiary/aromatic N) is 5. The van der Waals surface area contributed by atoms with Crippen LogP contribution in [0.1, 0.15) is 23.1 Å². The van der Waals surface area contributed by atoms with Gasteiger partial charge in [-0.1, -0.05) is 16.6 Å². The van der Waals surface area contributed by atoms with Crippen LogP contribution in [-0.2, 0) is 6.54 Å². The Balaban J connectivity index is 1.71. The molecule has 0 unspecified atom stereocenters. The van der Waals surface area contributed by atoms with Crippen LogP contribution in [0.15, 0.2) is 12.4 Å². The lowest BCUT2D eigenvalue weighted by atomic mass is 10.4. The number of carbonyl (C=O) groups excluding carboxylic acids is 1. The molecule has 0 spiro atoms. The average molecular weight is 281 g/mol. The topological polar surface area (TPSA) is 97.6 Å². The van der Waals surface area contributed by atoms with Crippen molar-refractivity contribution in [1.29, 1.82) is 0 Å². The number of hydrogen-bond donors (Lipinski definition) is 2. The number of nitrogens with one attached hydrogen (secondary N) is 2. The van der Waals surface area contributed by atoms with Crippen molar-refractivity contribution in [2.45, 2.75) is 19.9 Å². The van der Waals surface area contributed by atoms with Crippen molar-refractivity contribution in [3.8, 4) is 0 Å². The van der Waals surface area contributed by atoms with Crippen LogP contribution in [0.5, 0.6) is 0 Å². The van der Waals surface area contributed by atoms with Crippen LogP contribution in [0.2, 0.25) is 0 Å². The van der Waals surface area contributed by atoms with E-state index in [1.165, 1.54) is 11.3 Å². The second kappa shape index (κ2) is 6.78. The van der Waals surface area contributed by atoms with Crippen LogP contribution in [-0.4, -0.2) is 44.2 Å². The minimum atomic E-state index is -0.194. The van der Waals surface area contributed by atoms with Crippen molar-refractivity contribution >= 4 is 22.4 Å². The Morgan fingerprint density at radius 3 is 3.11 bits per heavy atom. The number of hydrogen-bond acceptors (Lipinski definition) is 7. The zero-order valence-corrected chi connectivity index (χ0v) is 11.4. The van der Waals surface area contributed by atoms with E-state index >= 15 is 0 Å². The molecule has 0 atom stereocenters.